The van der Waals surface area contributed by atoms with E-state index in [4.69, 9.17) is 9.47 Å². The zero-order valence-electron chi connectivity index (χ0n) is 19.4. The number of hydrogen-bond acceptors (Lipinski definition) is 5. The van der Waals surface area contributed by atoms with Gasteiger partial charge >= 0.3 is 0 Å². The molecule has 178 valence electrons. The van der Waals surface area contributed by atoms with Crippen LogP contribution < -0.4 is 0 Å². The molecule has 0 aromatic carbocycles. The molecule has 0 amide bonds. The highest BCUT2D eigenvalue weighted by Crippen LogP contribution is 2.19. The SMILES string of the molecule is CCCCCCCCCCC/C=C/CCCCCCO[C@@H]1[C@@H](O)[C@H](O)CO[C@H]1CO. The Morgan fingerprint density at radius 2 is 1.33 bits per heavy atom. The maximum atomic E-state index is 10.0. The van der Waals surface area contributed by atoms with Crippen molar-refractivity contribution in [3.8, 4) is 0 Å². The standard InChI is InChI=1S/C25H48O5/c1-2-3-4-5-6-7-8-9-10-11-12-13-14-15-16-17-18-19-29-25-23(20-26)30-21-22(27)24(25)28/h12-13,22-28H,2-11,14-21H2,1H3/b13-12+/t22-,23+,24+,25+/m1/s1. The van der Waals surface area contributed by atoms with Crippen LogP contribution in [0.2, 0.25) is 0 Å². The molecule has 1 fully saturated rings. The van der Waals surface area contributed by atoms with Crippen LogP contribution in [0, 0.1) is 0 Å². The minimum absolute atomic E-state index is 0.0406. The minimum atomic E-state index is -0.994. The lowest BCUT2D eigenvalue weighted by molar-refractivity contribution is -0.211. The van der Waals surface area contributed by atoms with Gasteiger partial charge in [0.1, 0.15) is 24.4 Å². The van der Waals surface area contributed by atoms with Crippen molar-refractivity contribution in [1.82, 2.24) is 0 Å². The Bertz CT molecular complexity index is 399. The first-order valence-electron chi connectivity index (χ1n) is 12.6. The lowest BCUT2D eigenvalue weighted by Gasteiger charge is -2.37. The van der Waals surface area contributed by atoms with Crippen molar-refractivity contribution in [2.24, 2.45) is 0 Å². The highest BCUT2D eigenvalue weighted by atomic mass is 16.6. The van der Waals surface area contributed by atoms with Crippen molar-refractivity contribution in [2.75, 3.05) is 19.8 Å². The lowest BCUT2D eigenvalue weighted by atomic mass is 10.0. The summed E-state index contributed by atoms with van der Waals surface area (Å²) < 4.78 is 11.0. The fourth-order valence-electron chi connectivity index (χ4n) is 3.96. The van der Waals surface area contributed by atoms with E-state index in [1.54, 1.807) is 0 Å². The fraction of sp³-hybridized carbons (Fsp3) is 0.920. The molecular formula is C25H48O5. The molecule has 1 aliphatic rings. The van der Waals surface area contributed by atoms with Crippen molar-refractivity contribution in [3.05, 3.63) is 12.2 Å². The Balaban J connectivity index is 1.87. The number of rotatable bonds is 19. The van der Waals surface area contributed by atoms with Crippen LogP contribution in [0.1, 0.15) is 103 Å². The largest absolute Gasteiger partial charge is 0.394 e. The summed E-state index contributed by atoms with van der Waals surface area (Å²) in [4.78, 5) is 0. The van der Waals surface area contributed by atoms with E-state index in [2.05, 4.69) is 19.1 Å². The molecule has 0 unspecified atom stereocenters. The van der Waals surface area contributed by atoms with E-state index in [1.165, 1.54) is 77.0 Å². The molecule has 30 heavy (non-hydrogen) atoms. The molecule has 5 nitrogen and oxygen atoms in total. The van der Waals surface area contributed by atoms with Gasteiger partial charge in [0.05, 0.1) is 13.2 Å². The van der Waals surface area contributed by atoms with Crippen LogP contribution in [0.3, 0.4) is 0 Å². The van der Waals surface area contributed by atoms with Gasteiger partial charge in [0.2, 0.25) is 0 Å². The zero-order valence-corrected chi connectivity index (χ0v) is 19.4. The molecule has 1 heterocycles. The van der Waals surface area contributed by atoms with Crippen LogP contribution in [-0.2, 0) is 9.47 Å². The van der Waals surface area contributed by atoms with Gasteiger partial charge in [0, 0.05) is 6.61 Å². The van der Waals surface area contributed by atoms with Crippen LogP contribution in [0.5, 0.6) is 0 Å². The lowest BCUT2D eigenvalue weighted by Crippen LogP contribution is -2.55. The third-order valence-electron chi connectivity index (χ3n) is 5.97. The van der Waals surface area contributed by atoms with Crippen LogP contribution in [0.4, 0.5) is 0 Å². The topological polar surface area (TPSA) is 79.2 Å². The summed E-state index contributed by atoms with van der Waals surface area (Å²) in [6, 6.07) is 0. The third-order valence-corrected chi connectivity index (χ3v) is 5.97. The zero-order chi connectivity index (χ0) is 21.9. The predicted octanol–water partition coefficient (Wildman–Crippen LogP) is 4.91. The first-order valence-corrected chi connectivity index (χ1v) is 12.6. The molecule has 3 N–H and O–H groups in total. The Morgan fingerprint density at radius 3 is 1.90 bits per heavy atom. The molecule has 4 atom stereocenters. The number of ether oxygens (including phenoxy) is 2. The number of unbranched alkanes of at least 4 members (excludes halogenated alkanes) is 13. The van der Waals surface area contributed by atoms with Gasteiger partial charge in [-0.2, -0.15) is 0 Å². The van der Waals surface area contributed by atoms with E-state index >= 15 is 0 Å². The Kier molecular flexibility index (Phi) is 17.7. The highest BCUT2D eigenvalue weighted by Gasteiger charge is 2.39. The molecule has 0 radical (unpaired) electrons. The molecule has 0 aromatic rings. The van der Waals surface area contributed by atoms with E-state index in [0.717, 1.165) is 19.3 Å². The van der Waals surface area contributed by atoms with Crippen molar-refractivity contribution in [2.45, 2.75) is 128 Å². The van der Waals surface area contributed by atoms with Gasteiger partial charge in [0.15, 0.2) is 0 Å². The Hall–Kier alpha value is -0.460. The summed E-state index contributed by atoms with van der Waals surface area (Å²) >= 11 is 0. The Morgan fingerprint density at radius 1 is 0.800 bits per heavy atom. The van der Waals surface area contributed by atoms with Gasteiger partial charge in [-0.25, -0.2) is 0 Å². The third kappa shape index (κ3) is 13.1. The molecule has 1 rings (SSSR count). The molecule has 0 bridgehead atoms. The van der Waals surface area contributed by atoms with Gasteiger partial charge in [-0.1, -0.05) is 83.3 Å². The molecule has 0 aromatic heterocycles. The van der Waals surface area contributed by atoms with E-state index in [1.807, 2.05) is 0 Å². The van der Waals surface area contributed by atoms with E-state index < -0.39 is 24.4 Å². The van der Waals surface area contributed by atoms with Crippen molar-refractivity contribution < 1.29 is 24.8 Å². The normalized spacial score (nSPS) is 24.7. The number of allylic oxidation sites excluding steroid dienone is 2. The highest BCUT2D eigenvalue weighted by molar-refractivity contribution is 4.87. The summed E-state index contributed by atoms with van der Waals surface area (Å²) in [5.41, 5.74) is 0. The average Bonchev–Trinajstić information content (AvgIpc) is 2.75. The second kappa shape index (κ2) is 19.2. The van der Waals surface area contributed by atoms with Gasteiger partial charge in [-0.05, 0) is 32.1 Å². The van der Waals surface area contributed by atoms with Gasteiger partial charge in [-0.3, -0.25) is 0 Å². The first-order chi connectivity index (χ1) is 14.7. The summed E-state index contributed by atoms with van der Waals surface area (Å²) in [5.74, 6) is 0. The minimum Gasteiger partial charge on any atom is -0.394 e. The molecule has 1 saturated heterocycles. The van der Waals surface area contributed by atoms with Crippen LogP contribution in [0.15, 0.2) is 12.2 Å². The maximum absolute atomic E-state index is 10.0. The molecular weight excluding hydrogens is 380 g/mol. The molecule has 5 heteroatoms. The second-order valence-corrected chi connectivity index (χ2v) is 8.74. The predicted molar refractivity (Wildman–Crippen MR) is 123 cm³/mol. The quantitative estimate of drug-likeness (QED) is 0.201. The monoisotopic (exact) mass is 428 g/mol. The smallest absolute Gasteiger partial charge is 0.114 e. The van der Waals surface area contributed by atoms with Gasteiger partial charge in [0.25, 0.3) is 0 Å². The maximum Gasteiger partial charge on any atom is 0.114 e. The summed E-state index contributed by atoms with van der Waals surface area (Å²) in [6.07, 6.45) is 20.7. The van der Waals surface area contributed by atoms with Crippen LogP contribution >= 0.6 is 0 Å². The Labute approximate surface area is 184 Å². The van der Waals surface area contributed by atoms with Gasteiger partial charge < -0.3 is 24.8 Å². The first kappa shape index (κ1) is 27.6. The average molecular weight is 429 g/mol. The van der Waals surface area contributed by atoms with Crippen LogP contribution in [-0.4, -0.2) is 59.6 Å². The number of hydrogen-bond donors (Lipinski definition) is 3. The molecule has 1 aliphatic heterocycles. The summed E-state index contributed by atoms with van der Waals surface area (Å²) in [5, 5.41) is 29.0. The molecule has 0 aliphatic carbocycles. The molecule has 0 saturated carbocycles. The number of aliphatic hydroxyl groups is 3. The number of aliphatic hydroxyl groups excluding tert-OH is 3. The summed E-state index contributed by atoms with van der Waals surface area (Å²) in [6.45, 7) is 2.62. The van der Waals surface area contributed by atoms with Crippen molar-refractivity contribution in [3.63, 3.8) is 0 Å². The van der Waals surface area contributed by atoms with Crippen molar-refractivity contribution in [1.29, 1.82) is 0 Å². The van der Waals surface area contributed by atoms with E-state index in [-0.39, 0.29) is 13.2 Å². The van der Waals surface area contributed by atoms with E-state index in [0.29, 0.717) is 6.61 Å². The van der Waals surface area contributed by atoms with E-state index in [9.17, 15) is 15.3 Å². The second-order valence-electron chi connectivity index (χ2n) is 8.74. The van der Waals surface area contributed by atoms with Crippen molar-refractivity contribution >= 4 is 0 Å². The van der Waals surface area contributed by atoms with Crippen LogP contribution in [0.25, 0.3) is 0 Å². The summed E-state index contributed by atoms with van der Waals surface area (Å²) in [7, 11) is 0. The molecule has 0 spiro atoms. The fourth-order valence-corrected chi connectivity index (χ4v) is 3.96. The van der Waals surface area contributed by atoms with Gasteiger partial charge in [-0.15, -0.1) is 0 Å².